The second-order valence-corrected chi connectivity index (χ2v) is 6.48. The predicted molar refractivity (Wildman–Crippen MR) is 86.7 cm³/mol. The van der Waals surface area contributed by atoms with E-state index in [0.717, 1.165) is 25.6 Å². The van der Waals surface area contributed by atoms with Crippen LogP contribution in [-0.4, -0.2) is 24.0 Å². The second kappa shape index (κ2) is 7.80. The molecule has 0 atom stereocenters. The van der Waals surface area contributed by atoms with Crippen molar-refractivity contribution < 1.29 is 0 Å². The molecule has 0 spiro atoms. The minimum Gasteiger partial charge on any atom is -0.310 e. The molecule has 0 radical (unpaired) electrons. The minimum atomic E-state index is 0.546. The molecule has 1 N–H and O–H groups in total. The molecule has 1 saturated carbocycles. The summed E-state index contributed by atoms with van der Waals surface area (Å²) < 4.78 is 0. The third kappa shape index (κ3) is 4.92. The summed E-state index contributed by atoms with van der Waals surface area (Å²) in [5.41, 5.74) is 2.85. The highest BCUT2D eigenvalue weighted by molar-refractivity contribution is 5.23. The van der Waals surface area contributed by atoms with Gasteiger partial charge in [-0.3, -0.25) is 4.90 Å². The maximum atomic E-state index is 3.49. The fraction of sp³-hybridized carbons (Fsp3) is 0.667. The van der Waals surface area contributed by atoms with Gasteiger partial charge in [0.05, 0.1) is 0 Å². The van der Waals surface area contributed by atoms with Crippen LogP contribution in [0.3, 0.4) is 0 Å². The summed E-state index contributed by atoms with van der Waals surface area (Å²) in [6, 6.07) is 9.59. The Morgan fingerprint density at radius 2 is 2.00 bits per heavy atom. The van der Waals surface area contributed by atoms with E-state index in [2.05, 4.69) is 55.3 Å². The molecule has 2 rings (SSSR count). The third-order valence-corrected chi connectivity index (χ3v) is 4.30. The Morgan fingerprint density at radius 1 is 1.25 bits per heavy atom. The maximum Gasteiger partial charge on any atom is 0.0233 e. The van der Waals surface area contributed by atoms with Gasteiger partial charge in [-0.1, -0.05) is 51.5 Å². The Labute approximate surface area is 124 Å². The third-order valence-electron chi connectivity index (χ3n) is 4.30. The summed E-state index contributed by atoms with van der Waals surface area (Å²) in [7, 11) is 0. The lowest BCUT2D eigenvalue weighted by Crippen LogP contribution is -2.32. The minimum absolute atomic E-state index is 0.546. The molecular formula is C18H30N2. The molecule has 112 valence electrons. The van der Waals surface area contributed by atoms with Gasteiger partial charge in [-0.15, -0.1) is 0 Å². The van der Waals surface area contributed by atoms with Gasteiger partial charge in [0, 0.05) is 25.7 Å². The first kappa shape index (κ1) is 15.5. The van der Waals surface area contributed by atoms with Crippen molar-refractivity contribution in [2.45, 2.75) is 59.2 Å². The molecular weight excluding hydrogens is 244 g/mol. The Balaban J connectivity index is 1.88. The van der Waals surface area contributed by atoms with Crippen molar-refractivity contribution in [3.8, 4) is 0 Å². The van der Waals surface area contributed by atoms with Crippen LogP contribution in [-0.2, 0) is 13.1 Å². The van der Waals surface area contributed by atoms with Gasteiger partial charge in [-0.25, -0.2) is 0 Å². The number of hydrogen-bond acceptors (Lipinski definition) is 2. The molecule has 1 aliphatic carbocycles. The normalized spacial score (nSPS) is 15.8. The van der Waals surface area contributed by atoms with E-state index in [9.17, 15) is 0 Å². The molecule has 2 heteroatoms. The summed E-state index contributed by atoms with van der Waals surface area (Å²) in [5, 5.41) is 3.49. The molecule has 1 fully saturated rings. The van der Waals surface area contributed by atoms with Crippen molar-refractivity contribution in [3.63, 3.8) is 0 Å². The lowest BCUT2D eigenvalue weighted by atomic mass is 9.85. The Morgan fingerprint density at radius 3 is 2.60 bits per heavy atom. The van der Waals surface area contributed by atoms with E-state index in [1.54, 1.807) is 0 Å². The molecule has 1 aromatic rings. The second-order valence-electron chi connectivity index (χ2n) is 6.48. The highest BCUT2D eigenvalue weighted by Crippen LogP contribution is 2.27. The highest BCUT2D eigenvalue weighted by Gasteiger charge is 2.19. The SMILES string of the molecule is CCN(Cc1cccc(CNC(C)C)c1)CC1CCC1. The van der Waals surface area contributed by atoms with Crippen LogP contribution in [0.1, 0.15) is 51.2 Å². The molecule has 2 nitrogen and oxygen atoms in total. The number of benzene rings is 1. The smallest absolute Gasteiger partial charge is 0.0233 e. The molecule has 0 unspecified atom stereocenters. The molecule has 1 aliphatic rings. The fourth-order valence-corrected chi connectivity index (χ4v) is 2.76. The van der Waals surface area contributed by atoms with Crippen LogP contribution in [0.15, 0.2) is 24.3 Å². The summed E-state index contributed by atoms with van der Waals surface area (Å²) in [6.45, 7) is 11.2. The van der Waals surface area contributed by atoms with E-state index in [-0.39, 0.29) is 0 Å². The van der Waals surface area contributed by atoms with Crippen molar-refractivity contribution in [1.82, 2.24) is 10.2 Å². The van der Waals surface area contributed by atoms with E-state index in [4.69, 9.17) is 0 Å². The molecule has 0 saturated heterocycles. The van der Waals surface area contributed by atoms with Gasteiger partial charge in [0.25, 0.3) is 0 Å². The summed E-state index contributed by atoms with van der Waals surface area (Å²) in [5.74, 6) is 0.959. The zero-order chi connectivity index (χ0) is 14.4. The van der Waals surface area contributed by atoms with E-state index in [1.165, 1.54) is 36.9 Å². The Kier molecular flexibility index (Phi) is 6.06. The summed E-state index contributed by atoms with van der Waals surface area (Å²) in [6.07, 6.45) is 4.32. The van der Waals surface area contributed by atoms with Crippen molar-refractivity contribution >= 4 is 0 Å². The Bertz CT molecular complexity index is 396. The van der Waals surface area contributed by atoms with Crippen LogP contribution >= 0.6 is 0 Å². The first-order valence-corrected chi connectivity index (χ1v) is 8.21. The van der Waals surface area contributed by atoms with Crippen LogP contribution in [0, 0.1) is 5.92 Å². The highest BCUT2D eigenvalue weighted by atomic mass is 15.1. The Hall–Kier alpha value is -0.860. The van der Waals surface area contributed by atoms with Gasteiger partial charge in [-0.2, -0.15) is 0 Å². The largest absolute Gasteiger partial charge is 0.310 e. The quantitative estimate of drug-likeness (QED) is 0.775. The summed E-state index contributed by atoms with van der Waals surface area (Å²) >= 11 is 0. The van der Waals surface area contributed by atoms with E-state index in [0.29, 0.717) is 6.04 Å². The van der Waals surface area contributed by atoms with E-state index < -0.39 is 0 Å². The zero-order valence-electron chi connectivity index (χ0n) is 13.4. The van der Waals surface area contributed by atoms with Gasteiger partial charge < -0.3 is 5.32 Å². The van der Waals surface area contributed by atoms with Gasteiger partial charge in [0.1, 0.15) is 0 Å². The molecule has 0 bridgehead atoms. The fourth-order valence-electron chi connectivity index (χ4n) is 2.76. The van der Waals surface area contributed by atoms with Crippen molar-refractivity contribution in [3.05, 3.63) is 35.4 Å². The molecule has 0 amide bonds. The van der Waals surface area contributed by atoms with Crippen LogP contribution in [0.25, 0.3) is 0 Å². The van der Waals surface area contributed by atoms with Crippen molar-refractivity contribution in [1.29, 1.82) is 0 Å². The molecule has 0 heterocycles. The first-order valence-electron chi connectivity index (χ1n) is 8.21. The lowest BCUT2D eigenvalue weighted by Gasteiger charge is -2.31. The van der Waals surface area contributed by atoms with Crippen molar-refractivity contribution in [2.24, 2.45) is 5.92 Å². The van der Waals surface area contributed by atoms with Crippen LogP contribution in [0.5, 0.6) is 0 Å². The lowest BCUT2D eigenvalue weighted by molar-refractivity contribution is 0.178. The average molecular weight is 274 g/mol. The van der Waals surface area contributed by atoms with Crippen molar-refractivity contribution in [2.75, 3.05) is 13.1 Å². The standard InChI is InChI=1S/C18H30N2/c1-4-20(13-16-7-5-8-16)14-18-10-6-9-17(11-18)12-19-15(2)3/h6,9-11,15-16,19H,4-5,7-8,12-14H2,1-3H3. The van der Waals surface area contributed by atoms with Crippen LogP contribution in [0.4, 0.5) is 0 Å². The number of nitrogens with one attached hydrogen (secondary N) is 1. The monoisotopic (exact) mass is 274 g/mol. The molecule has 1 aromatic carbocycles. The van der Waals surface area contributed by atoms with Gasteiger partial charge in [-0.05, 0) is 36.4 Å². The number of hydrogen-bond donors (Lipinski definition) is 1. The first-order chi connectivity index (χ1) is 9.67. The number of nitrogens with zero attached hydrogens (tertiary/aromatic N) is 1. The van der Waals surface area contributed by atoms with Crippen LogP contribution < -0.4 is 5.32 Å². The molecule has 0 aromatic heterocycles. The van der Waals surface area contributed by atoms with Crippen LogP contribution in [0.2, 0.25) is 0 Å². The topological polar surface area (TPSA) is 15.3 Å². The molecule has 20 heavy (non-hydrogen) atoms. The van der Waals surface area contributed by atoms with Gasteiger partial charge >= 0.3 is 0 Å². The maximum absolute atomic E-state index is 3.49. The summed E-state index contributed by atoms with van der Waals surface area (Å²) in [4.78, 5) is 2.60. The van der Waals surface area contributed by atoms with E-state index >= 15 is 0 Å². The van der Waals surface area contributed by atoms with Gasteiger partial charge in [0.2, 0.25) is 0 Å². The van der Waals surface area contributed by atoms with E-state index in [1.807, 2.05) is 0 Å². The molecule has 0 aliphatic heterocycles. The zero-order valence-corrected chi connectivity index (χ0v) is 13.4. The predicted octanol–water partition coefficient (Wildman–Crippen LogP) is 3.81. The van der Waals surface area contributed by atoms with Gasteiger partial charge in [0.15, 0.2) is 0 Å². The average Bonchev–Trinajstić information content (AvgIpc) is 2.39. The number of rotatable bonds is 8.